The maximum absolute atomic E-state index is 12.3. The van der Waals surface area contributed by atoms with Crippen LogP contribution >= 0.6 is 22.9 Å². The fraction of sp³-hybridized carbons (Fsp3) is 0.111. The molecule has 0 saturated carbocycles. The van der Waals surface area contributed by atoms with Crippen LogP contribution in [-0.2, 0) is 7.05 Å². The minimum absolute atomic E-state index is 0.231. The summed E-state index contributed by atoms with van der Waals surface area (Å²) < 4.78 is 1.95. The minimum Gasteiger partial charge on any atom is -0.319 e. The molecule has 0 aliphatic heterocycles. The van der Waals surface area contributed by atoms with Crippen LogP contribution in [0.4, 0.5) is 0 Å². The second kappa shape index (κ2) is 6.52. The van der Waals surface area contributed by atoms with Crippen LogP contribution in [0.5, 0.6) is 0 Å². The van der Waals surface area contributed by atoms with Crippen molar-refractivity contribution in [3.63, 3.8) is 0 Å². The van der Waals surface area contributed by atoms with Crippen molar-refractivity contribution in [2.75, 3.05) is 0 Å². The van der Waals surface area contributed by atoms with Crippen molar-refractivity contribution in [1.82, 2.24) is 4.57 Å². The molecule has 0 bridgehead atoms. The van der Waals surface area contributed by atoms with Gasteiger partial charge in [-0.15, -0.1) is 11.3 Å². The molecule has 0 aliphatic rings. The summed E-state index contributed by atoms with van der Waals surface area (Å²) in [4.78, 5) is 18.3. The Kier molecular flexibility index (Phi) is 4.46. The maximum Gasteiger partial charge on any atom is 0.279 e. The largest absolute Gasteiger partial charge is 0.319 e. The van der Waals surface area contributed by atoms with Gasteiger partial charge in [-0.2, -0.15) is 4.99 Å². The molecule has 1 heterocycles. The standard InChI is InChI=1S/C18H15ClN2OS/c1-12-16(13-8-10-15(19)11-9-13)21(2)18(23-12)20-17(22)14-6-4-3-5-7-14/h3-11H,1-2H3. The third kappa shape index (κ3) is 3.28. The molecule has 0 aliphatic carbocycles. The summed E-state index contributed by atoms with van der Waals surface area (Å²) >= 11 is 7.46. The highest BCUT2D eigenvalue weighted by Gasteiger charge is 2.11. The van der Waals surface area contributed by atoms with Gasteiger partial charge in [0.15, 0.2) is 4.80 Å². The number of hydrogen-bond acceptors (Lipinski definition) is 2. The van der Waals surface area contributed by atoms with E-state index in [0.29, 0.717) is 15.4 Å². The normalized spacial score (nSPS) is 11.7. The summed E-state index contributed by atoms with van der Waals surface area (Å²) in [6.45, 7) is 2.03. The van der Waals surface area contributed by atoms with Crippen molar-refractivity contribution >= 4 is 28.8 Å². The van der Waals surface area contributed by atoms with Crippen molar-refractivity contribution in [1.29, 1.82) is 0 Å². The number of carbonyl (C=O) groups is 1. The van der Waals surface area contributed by atoms with E-state index in [1.807, 2.05) is 61.0 Å². The van der Waals surface area contributed by atoms with E-state index in [-0.39, 0.29) is 5.91 Å². The minimum atomic E-state index is -0.231. The number of hydrogen-bond donors (Lipinski definition) is 0. The van der Waals surface area contributed by atoms with Gasteiger partial charge in [0.25, 0.3) is 5.91 Å². The summed E-state index contributed by atoms with van der Waals surface area (Å²) in [5.74, 6) is -0.231. The first kappa shape index (κ1) is 15.7. The number of benzene rings is 2. The van der Waals surface area contributed by atoms with E-state index in [9.17, 15) is 4.79 Å². The number of halogens is 1. The van der Waals surface area contributed by atoms with E-state index < -0.39 is 0 Å². The van der Waals surface area contributed by atoms with Crippen molar-refractivity contribution < 1.29 is 4.79 Å². The van der Waals surface area contributed by atoms with Crippen LogP contribution in [0.3, 0.4) is 0 Å². The molecule has 2 aromatic carbocycles. The molecule has 0 spiro atoms. The van der Waals surface area contributed by atoms with E-state index in [4.69, 9.17) is 11.6 Å². The Morgan fingerprint density at radius 2 is 1.74 bits per heavy atom. The van der Waals surface area contributed by atoms with E-state index in [1.54, 1.807) is 12.1 Å². The van der Waals surface area contributed by atoms with Gasteiger partial charge in [-0.25, -0.2) is 0 Å². The molecule has 0 atom stereocenters. The third-order valence-corrected chi connectivity index (χ3v) is 4.84. The molecule has 3 rings (SSSR count). The molecule has 0 N–H and O–H groups in total. The van der Waals surface area contributed by atoms with Crippen LogP contribution in [0.15, 0.2) is 59.6 Å². The topological polar surface area (TPSA) is 34.4 Å². The number of nitrogens with zero attached hydrogens (tertiary/aromatic N) is 2. The molecule has 3 nitrogen and oxygen atoms in total. The number of carbonyl (C=O) groups excluding carboxylic acids is 1. The molecular formula is C18H15ClN2OS. The van der Waals surface area contributed by atoms with Gasteiger partial charge in [0.2, 0.25) is 0 Å². The highest BCUT2D eigenvalue weighted by atomic mass is 35.5. The van der Waals surface area contributed by atoms with E-state index in [0.717, 1.165) is 16.1 Å². The highest BCUT2D eigenvalue weighted by molar-refractivity contribution is 7.09. The quantitative estimate of drug-likeness (QED) is 0.677. The predicted octanol–water partition coefficient (Wildman–Crippen LogP) is 4.46. The third-order valence-electron chi connectivity index (χ3n) is 3.54. The van der Waals surface area contributed by atoms with Crippen LogP contribution in [-0.4, -0.2) is 10.5 Å². The molecule has 1 amide bonds. The van der Waals surface area contributed by atoms with Gasteiger partial charge >= 0.3 is 0 Å². The molecule has 116 valence electrons. The predicted molar refractivity (Wildman–Crippen MR) is 94.8 cm³/mol. The van der Waals surface area contributed by atoms with Crippen molar-refractivity contribution in [2.45, 2.75) is 6.92 Å². The van der Waals surface area contributed by atoms with Crippen molar-refractivity contribution in [2.24, 2.45) is 12.0 Å². The summed E-state index contributed by atoms with van der Waals surface area (Å²) in [6, 6.07) is 16.8. The first-order valence-corrected chi connectivity index (χ1v) is 8.32. The second-order valence-corrected chi connectivity index (χ2v) is 6.76. The number of rotatable bonds is 2. The summed E-state index contributed by atoms with van der Waals surface area (Å²) in [5.41, 5.74) is 2.69. The molecule has 5 heteroatoms. The van der Waals surface area contributed by atoms with Crippen molar-refractivity contribution in [3.8, 4) is 11.3 Å². The number of aryl methyl sites for hydroxylation is 1. The van der Waals surface area contributed by atoms with Gasteiger partial charge in [-0.05, 0) is 36.8 Å². The van der Waals surface area contributed by atoms with Gasteiger partial charge in [-0.1, -0.05) is 41.9 Å². The Labute approximate surface area is 143 Å². The van der Waals surface area contributed by atoms with Crippen LogP contribution < -0.4 is 4.80 Å². The van der Waals surface area contributed by atoms with Gasteiger partial charge in [0, 0.05) is 22.5 Å². The Hall–Kier alpha value is -2.17. The van der Waals surface area contributed by atoms with Crippen molar-refractivity contribution in [3.05, 3.63) is 74.9 Å². The second-order valence-electron chi connectivity index (χ2n) is 5.14. The van der Waals surface area contributed by atoms with Gasteiger partial charge < -0.3 is 4.57 Å². The number of aromatic nitrogens is 1. The smallest absolute Gasteiger partial charge is 0.279 e. The summed E-state index contributed by atoms with van der Waals surface area (Å²) in [6.07, 6.45) is 0. The summed E-state index contributed by atoms with van der Waals surface area (Å²) in [7, 11) is 1.92. The average molecular weight is 343 g/mol. The van der Waals surface area contributed by atoms with Gasteiger partial charge in [0.05, 0.1) is 5.69 Å². The molecule has 3 aromatic rings. The molecule has 0 unspecified atom stereocenters. The van der Waals surface area contributed by atoms with Gasteiger partial charge in [-0.3, -0.25) is 4.79 Å². The van der Waals surface area contributed by atoms with Crippen LogP contribution in [0.2, 0.25) is 5.02 Å². The Balaban J connectivity index is 2.06. The first-order chi connectivity index (χ1) is 11.1. The highest BCUT2D eigenvalue weighted by Crippen LogP contribution is 2.25. The molecule has 0 saturated heterocycles. The Morgan fingerprint density at radius 1 is 1.09 bits per heavy atom. The molecule has 1 aromatic heterocycles. The number of amides is 1. The number of thiazole rings is 1. The zero-order valence-electron chi connectivity index (χ0n) is 12.8. The van der Waals surface area contributed by atoms with Gasteiger partial charge in [0.1, 0.15) is 0 Å². The fourth-order valence-electron chi connectivity index (χ4n) is 2.42. The zero-order chi connectivity index (χ0) is 16.4. The fourth-order valence-corrected chi connectivity index (χ4v) is 3.53. The molecular weight excluding hydrogens is 328 g/mol. The van der Waals surface area contributed by atoms with Crippen LogP contribution in [0.1, 0.15) is 15.2 Å². The van der Waals surface area contributed by atoms with Crippen LogP contribution in [0, 0.1) is 6.92 Å². The molecule has 23 heavy (non-hydrogen) atoms. The lowest BCUT2D eigenvalue weighted by Gasteiger charge is -2.04. The lowest BCUT2D eigenvalue weighted by molar-refractivity contribution is 0.0998. The van der Waals surface area contributed by atoms with E-state index >= 15 is 0 Å². The molecule has 0 fully saturated rings. The Bertz CT molecular complexity index is 908. The SMILES string of the molecule is Cc1sc(=NC(=O)c2ccccc2)n(C)c1-c1ccc(Cl)cc1. The first-order valence-electron chi connectivity index (χ1n) is 7.13. The maximum atomic E-state index is 12.3. The van der Waals surface area contributed by atoms with Crippen LogP contribution in [0.25, 0.3) is 11.3 Å². The average Bonchev–Trinajstić information content (AvgIpc) is 2.83. The zero-order valence-corrected chi connectivity index (χ0v) is 14.4. The lowest BCUT2D eigenvalue weighted by Crippen LogP contribution is -2.14. The summed E-state index contributed by atoms with van der Waals surface area (Å²) in [5, 5.41) is 0.702. The lowest BCUT2D eigenvalue weighted by atomic mass is 10.1. The monoisotopic (exact) mass is 342 g/mol. The molecule has 0 radical (unpaired) electrons. The Morgan fingerprint density at radius 3 is 2.39 bits per heavy atom. The van der Waals surface area contributed by atoms with E-state index in [1.165, 1.54) is 11.3 Å². The van der Waals surface area contributed by atoms with E-state index in [2.05, 4.69) is 4.99 Å².